The Labute approximate surface area is 202 Å². The molecule has 0 spiro atoms. The number of hydrogen-bond donors (Lipinski definition) is 1. The molecule has 0 aliphatic rings. The molecule has 9 heteroatoms. The van der Waals surface area contributed by atoms with E-state index in [2.05, 4.69) is 26.0 Å². The second kappa shape index (κ2) is 8.61. The fraction of sp³-hybridized carbons (Fsp3) is 0.167. The molecule has 0 unspecified atom stereocenters. The number of hydrogen-bond acceptors (Lipinski definition) is 5. The van der Waals surface area contributed by atoms with Crippen LogP contribution in [0, 0.1) is 0 Å². The third-order valence-corrected chi connectivity index (χ3v) is 5.71. The van der Waals surface area contributed by atoms with Crippen molar-refractivity contribution < 1.29 is 14.3 Å². The van der Waals surface area contributed by atoms with Crippen LogP contribution in [0.25, 0.3) is 22.2 Å². The van der Waals surface area contributed by atoms with Gasteiger partial charge >= 0.3 is 5.97 Å². The molecule has 0 radical (unpaired) electrons. The zero-order valence-corrected chi connectivity index (χ0v) is 20.3. The number of halogens is 2. The van der Waals surface area contributed by atoms with Gasteiger partial charge in [0.1, 0.15) is 17.3 Å². The zero-order valence-electron chi connectivity index (χ0n) is 18.0. The van der Waals surface area contributed by atoms with E-state index in [1.807, 2.05) is 26.8 Å². The first-order chi connectivity index (χ1) is 15.5. The molecule has 0 saturated heterocycles. The second-order valence-corrected chi connectivity index (χ2v) is 9.73. The SMILES string of the molecule is CC(C)(C)c1nc2ccc(Br)cc2c(=O)n1N=Cc1ccc(-c2ccc(Cl)c(C(=O)O)c2)o1. The first-order valence-corrected chi connectivity index (χ1v) is 11.1. The molecule has 4 rings (SSSR count). The molecule has 33 heavy (non-hydrogen) atoms. The molecule has 2 aromatic heterocycles. The summed E-state index contributed by atoms with van der Waals surface area (Å²) in [5.74, 6) is 0.214. The Balaban J connectivity index is 1.76. The maximum Gasteiger partial charge on any atom is 0.337 e. The van der Waals surface area contributed by atoms with Crippen molar-refractivity contribution in [3.05, 3.63) is 85.5 Å². The van der Waals surface area contributed by atoms with Gasteiger partial charge in [0.15, 0.2) is 0 Å². The van der Waals surface area contributed by atoms with Crippen molar-refractivity contribution in [3.63, 3.8) is 0 Å². The van der Waals surface area contributed by atoms with E-state index in [-0.39, 0.29) is 16.1 Å². The van der Waals surface area contributed by atoms with E-state index in [0.717, 1.165) is 4.47 Å². The summed E-state index contributed by atoms with van der Waals surface area (Å²) in [4.78, 5) is 29.2. The van der Waals surface area contributed by atoms with Crippen LogP contribution in [0.15, 0.2) is 67.3 Å². The predicted octanol–water partition coefficient (Wildman–Crippen LogP) is 5.95. The van der Waals surface area contributed by atoms with Crippen molar-refractivity contribution in [2.24, 2.45) is 5.10 Å². The highest BCUT2D eigenvalue weighted by molar-refractivity contribution is 9.10. The number of aromatic nitrogens is 2. The summed E-state index contributed by atoms with van der Waals surface area (Å²) in [6, 6.07) is 13.3. The monoisotopic (exact) mass is 527 g/mol. The quantitative estimate of drug-likeness (QED) is 0.330. The molecule has 2 aromatic carbocycles. The van der Waals surface area contributed by atoms with E-state index in [4.69, 9.17) is 16.0 Å². The van der Waals surface area contributed by atoms with Crippen molar-refractivity contribution in [2.45, 2.75) is 26.2 Å². The van der Waals surface area contributed by atoms with E-state index in [9.17, 15) is 14.7 Å². The van der Waals surface area contributed by atoms with Gasteiger partial charge in [-0.25, -0.2) is 9.78 Å². The number of carboxylic acids is 1. The van der Waals surface area contributed by atoms with Gasteiger partial charge in [-0.05, 0) is 48.5 Å². The highest BCUT2D eigenvalue weighted by Gasteiger charge is 2.23. The summed E-state index contributed by atoms with van der Waals surface area (Å²) in [5, 5.41) is 14.3. The molecule has 0 saturated carbocycles. The van der Waals surface area contributed by atoms with Gasteiger partial charge in [-0.2, -0.15) is 9.78 Å². The minimum absolute atomic E-state index is 0.0180. The largest absolute Gasteiger partial charge is 0.478 e. The Kier molecular flexibility index (Phi) is 5.99. The predicted molar refractivity (Wildman–Crippen MR) is 132 cm³/mol. The maximum absolute atomic E-state index is 13.2. The lowest BCUT2D eigenvalue weighted by Gasteiger charge is -2.20. The number of benzene rings is 2. The van der Waals surface area contributed by atoms with E-state index < -0.39 is 11.4 Å². The Morgan fingerprint density at radius 2 is 1.94 bits per heavy atom. The van der Waals surface area contributed by atoms with Crippen LogP contribution in [-0.2, 0) is 5.41 Å². The molecule has 0 aliphatic heterocycles. The molecular formula is C24H19BrClN3O4. The van der Waals surface area contributed by atoms with Gasteiger partial charge in [0.05, 0.1) is 27.7 Å². The number of aromatic carboxylic acids is 1. The number of nitrogens with zero attached hydrogens (tertiary/aromatic N) is 3. The van der Waals surface area contributed by atoms with E-state index in [1.165, 1.54) is 23.0 Å². The summed E-state index contributed by atoms with van der Waals surface area (Å²) >= 11 is 9.34. The molecule has 2 heterocycles. The van der Waals surface area contributed by atoms with Crippen LogP contribution in [0.5, 0.6) is 0 Å². The lowest BCUT2D eigenvalue weighted by Crippen LogP contribution is -2.29. The van der Waals surface area contributed by atoms with Crippen molar-refractivity contribution >= 4 is 50.6 Å². The lowest BCUT2D eigenvalue weighted by molar-refractivity contribution is 0.0697. The summed E-state index contributed by atoms with van der Waals surface area (Å²) in [5.41, 5.74) is 0.398. The average molecular weight is 529 g/mol. The summed E-state index contributed by atoms with van der Waals surface area (Å²) < 4.78 is 7.86. The van der Waals surface area contributed by atoms with Crippen LogP contribution in [0.4, 0.5) is 0 Å². The summed E-state index contributed by atoms with van der Waals surface area (Å²) in [6.45, 7) is 5.87. The van der Waals surface area contributed by atoms with Crippen LogP contribution in [0.3, 0.4) is 0 Å². The first kappa shape index (κ1) is 22.9. The normalized spacial score (nSPS) is 12.0. The van der Waals surface area contributed by atoms with E-state index >= 15 is 0 Å². The van der Waals surface area contributed by atoms with Gasteiger partial charge in [0.2, 0.25) is 0 Å². The van der Waals surface area contributed by atoms with Crippen LogP contribution in [0.2, 0.25) is 5.02 Å². The Morgan fingerprint density at radius 3 is 2.64 bits per heavy atom. The van der Waals surface area contributed by atoms with Crippen molar-refractivity contribution in [1.82, 2.24) is 9.66 Å². The zero-order chi connectivity index (χ0) is 23.9. The third kappa shape index (κ3) is 4.62. The molecule has 7 nitrogen and oxygen atoms in total. The number of furan rings is 1. The van der Waals surface area contributed by atoms with Gasteiger partial charge in [0, 0.05) is 15.5 Å². The number of fused-ring (bicyclic) bond motifs is 1. The number of carboxylic acid groups (broad SMARTS) is 1. The van der Waals surface area contributed by atoms with Crippen molar-refractivity contribution in [1.29, 1.82) is 0 Å². The minimum atomic E-state index is -1.13. The van der Waals surface area contributed by atoms with Gasteiger partial charge < -0.3 is 9.52 Å². The summed E-state index contributed by atoms with van der Waals surface area (Å²) in [7, 11) is 0. The fourth-order valence-electron chi connectivity index (χ4n) is 3.28. The Morgan fingerprint density at radius 1 is 1.18 bits per heavy atom. The lowest BCUT2D eigenvalue weighted by atomic mass is 9.95. The standard InChI is InChI=1S/C24H19BrClN3O4/c1-24(2,3)23-28-19-8-5-14(25)11-17(19)21(30)29(23)27-12-15-6-9-20(33-15)13-4-7-18(26)16(10-13)22(31)32/h4-12H,1-3H3,(H,31,32). The smallest absolute Gasteiger partial charge is 0.337 e. The molecule has 0 atom stereocenters. The van der Waals surface area contributed by atoms with Gasteiger partial charge in [-0.15, -0.1) is 0 Å². The first-order valence-electron chi connectivity index (χ1n) is 9.95. The molecule has 0 bridgehead atoms. The molecule has 168 valence electrons. The molecule has 1 N–H and O–H groups in total. The topological polar surface area (TPSA) is 97.7 Å². The number of rotatable bonds is 4. The Hall–Kier alpha value is -3.23. The highest BCUT2D eigenvalue weighted by Crippen LogP contribution is 2.27. The van der Waals surface area contributed by atoms with Crippen molar-refractivity contribution in [3.8, 4) is 11.3 Å². The third-order valence-electron chi connectivity index (χ3n) is 4.89. The van der Waals surface area contributed by atoms with Gasteiger partial charge in [-0.3, -0.25) is 4.79 Å². The van der Waals surface area contributed by atoms with Crippen LogP contribution < -0.4 is 5.56 Å². The fourth-order valence-corrected chi connectivity index (χ4v) is 3.84. The highest BCUT2D eigenvalue weighted by atomic mass is 79.9. The van der Waals surface area contributed by atoms with Crippen molar-refractivity contribution in [2.75, 3.05) is 0 Å². The second-order valence-electron chi connectivity index (χ2n) is 8.41. The maximum atomic E-state index is 13.2. The Bertz CT molecular complexity index is 1480. The molecule has 0 aliphatic carbocycles. The number of carbonyl (C=O) groups is 1. The summed E-state index contributed by atoms with van der Waals surface area (Å²) in [6.07, 6.45) is 1.43. The van der Waals surface area contributed by atoms with Crippen LogP contribution in [-0.4, -0.2) is 27.0 Å². The van der Waals surface area contributed by atoms with E-state index in [1.54, 1.807) is 30.3 Å². The van der Waals surface area contributed by atoms with Crippen LogP contribution >= 0.6 is 27.5 Å². The molecule has 4 aromatic rings. The van der Waals surface area contributed by atoms with Crippen LogP contribution in [0.1, 0.15) is 42.7 Å². The average Bonchev–Trinajstić information content (AvgIpc) is 3.21. The van der Waals surface area contributed by atoms with Gasteiger partial charge in [0.25, 0.3) is 5.56 Å². The molecular weight excluding hydrogens is 510 g/mol. The molecule has 0 fully saturated rings. The van der Waals surface area contributed by atoms with Gasteiger partial charge in [-0.1, -0.05) is 48.3 Å². The minimum Gasteiger partial charge on any atom is -0.478 e. The van der Waals surface area contributed by atoms with E-state index in [0.29, 0.717) is 33.8 Å². The molecule has 0 amide bonds.